The number of nitrogens with one attached hydrogen (secondary N) is 2. The third-order valence-electron chi connectivity index (χ3n) is 4.71. The summed E-state index contributed by atoms with van der Waals surface area (Å²) in [7, 11) is 0. The van der Waals surface area contributed by atoms with Crippen LogP contribution in [0.3, 0.4) is 0 Å². The molecule has 0 spiro atoms. The van der Waals surface area contributed by atoms with Crippen LogP contribution in [0.2, 0.25) is 0 Å². The third-order valence-corrected chi connectivity index (χ3v) is 4.71. The van der Waals surface area contributed by atoms with Crippen LogP contribution < -0.4 is 15.4 Å². The van der Waals surface area contributed by atoms with E-state index in [1.54, 1.807) is 0 Å². The summed E-state index contributed by atoms with van der Waals surface area (Å²) in [6, 6.07) is 15.9. The zero-order valence-corrected chi connectivity index (χ0v) is 18.9. The van der Waals surface area contributed by atoms with Gasteiger partial charge in [0.1, 0.15) is 11.4 Å². The highest BCUT2D eigenvalue weighted by molar-refractivity contribution is 6.08. The average molecular weight is 433 g/mol. The predicted molar refractivity (Wildman–Crippen MR) is 134 cm³/mol. The number of hydrogen-bond acceptors (Lipinski definition) is 4. The third kappa shape index (κ3) is 8.60. The van der Waals surface area contributed by atoms with Crippen LogP contribution in [0.5, 0.6) is 5.75 Å². The number of anilines is 1. The summed E-state index contributed by atoms with van der Waals surface area (Å²) in [6.07, 6.45) is 5.44. The smallest absolute Gasteiger partial charge is 0.223 e. The van der Waals surface area contributed by atoms with E-state index in [-0.39, 0.29) is 5.91 Å². The van der Waals surface area contributed by atoms with E-state index in [4.69, 9.17) is 4.74 Å². The number of amides is 1. The van der Waals surface area contributed by atoms with Gasteiger partial charge < -0.3 is 15.4 Å². The predicted octanol–water partition coefficient (Wildman–Crippen LogP) is 5.07. The number of aliphatic imine (C=N–C) groups is 2. The molecule has 0 bridgehead atoms. The van der Waals surface area contributed by atoms with Crippen LogP contribution in [0, 0.1) is 6.92 Å². The van der Waals surface area contributed by atoms with Gasteiger partial charge in [-0.05, 0) is 63.2 Å². The fraction of sp³-hybridized carbons (Fsp3) is 0.269. The fourth-order valence-electron chi connectivity index (χ4n) is 2.95. The van der Waals surface area contributed by atoms with Gasteiger partial charge in [-0.2, -0.15) is 0 Å². The molecule has 32 heavy (non-hydrogen) atoms. The van der Waals surface area contributed by atoms with Crippen molar-refractivity contribution in [3.05, 3.63) is 84.2 Å². The molecule has 168 valence electrons. The van der Waals surface area contributed by atoms with E-state index >= 15 is 0 Å². The molecule has 0 radical (unpaired) electrons. The van der Waals surface area contributed by atoms with Crippen molar-refractivity contribution in [2.75, 3.05) is 18.5 Å². The number of carbonyl (C=O) groups is 1. The van der Waals surface area contributed by atoms with E-state index in [1.165, 1.54) is 17.3 Å². The zero-order valence-electron chi connectivity index (χ0n) is 18.9. The van der Waals surface area contributed by atoms with Gasteiger partial charge in [0, 0.05) is 18.4 Å². The maximum Gasteiger partial charge on any atom is 0.223 e. The SMILES string of the molecule is C=CN=C(Nc1ccc(OCCC(=O)NCCCc2ccc(C)cc2)cc1)/C(=C\C)N=C. The molecule has 2 aromatic carbocycles. The van der Waals surface area contributed by atoms with Crippen LogP contribution in [0.4, 0.5) is 5.69 Å². The van der Waals surface area contributed by atoms with Crippen molar-refractivity contribution in [2.24, 2.45) is 9.98 Å². The number of amidine groups is 1. The zero-order chi connectivity index (χ0) is 23.2. The standard InChI is InChI=1S/C26H32N4O2/c1-5-24(27-4)26(28-6-2)30-22-13-15-23(16-14-22)32-19-17-25(31)29-18-7-8-21-11-9-20(3)10-12-21/h5-6,9-16H,2,4,7-8,17-19H2,1,3H3,(H,28,30)(H,29,31)/b24-5+. The van der Waals surface area contributed by atoms with Crippen LogP contribution >= 0.6 is 0 Å². The Kier molecular flexibility index (Phi) is 10.5. The second kappa shape index (κ2) is 13.6. The number of ether oxygens (including phenoxy) is 1. The minimum absolute atomic E-state index is 0.00622. The largest absolute Gasteiger partial charge is 0.493 e. The molecular formula is C26H32N4O2. The summed E-state index contributed by atoms with van der Waals surface area (Å²) in [4.78, 5) is 20.1. The lowest BCUT2D eigenvalue weighted by atomic mass is 10.1. The molecule has 2 aromatic rings. The summed E-state index contributed by atoms with van der Waals surface area (Å²) < 4.78 is 5.69. The van der Waals surface area contributed by atoms with Gasteiger partial charge in [0.25, 0.3) is 0 Å². The second-order valence-electron chi connectivity index (χ2n) is 7.18. The van der Waals surface area contributed by atoms with Crippen molar-refractivity contribution in [3.8, 4) is 5.75 Å². The van der Waals surface area contributed by atoms with Gasteiger partial charge in [0.15, 0.2) is 5.84 Å². The molecule has 6 nitrogen and oxygen atoms in total. The lowest BCUT2D eigenvalue weighted by Gasteiger charge is -2.11. The molecule has 2 rings (SSSR count). The lowest BCUT2D eigenvalue weighted by Crippen LogP contribution is -2.26. The van der Waals surface area contributed by atoms with E-state index in [2.05, 4.69) is 65.1 Å². The number of hydrogen-bond donors (Lipinski definition) is 2. The molecule has 0 aliphatic heterocycles. The molecule has 2 N–H and O–H groups in total. The highest BCUT2D eigenvalue weighted by Crippen LogP contribution is 2.17. The molecule has 6 heteroatoms. The summed E-state index contributed by atoms with van der Waals surface area (Å²) >= 11 is 0. The van der Waals surface area contributed by atoms with E-state index in [1.807, 2.05) is 37.3 Å². The molecule has 1 amide bonds. The Labute approximate surface area is 190 Å². The Hall–Kier alpha value is -3.67. The van der Waals surface area contributed by atoms with Crippen molar-refractivity contribution in [1.82, 2.24) is 5.32 Å². The Balaban J connectivity index is 1.69. The number of carbonyl (C=O) groups excluding carboxylic acids is 1. The van der Waals surface area contributed by atoms with E-state index in [9.17, 15) is 4.79 Å². The van der Waals surface area contributed by atoms with Gasteiger partial charge in [0.05, 0.1) is 13.0 Å². The van der Waals surface area contributed by atoms with Crippen molar-refractivity contribution >= 4 is 24.1 Å². The lowest BCUT2D eigenvalue weighted by molar-refractivity contribution is -0.121. The van der Waals surface area contributed by atoms with Crippen molar-refractivity contribution in [3.63, 3.8) is 0 Å². The van der Waals surface area contributed by atoms with Crippen molar-refractivity contribution < 1.29 is 9.53 Å². The second-order valence-corrected chi connectivity index (χ2v) is 7.18. The Morgan fingerprint density at radius 2 is 1.84 bits per heavy atom. The van der Waals surface area contributed by atoms with Crippen LogP contribution in [-0.4, -0.2) is 31.6 Å². The number of aryl methyl sites for hydroxylation is 2. The van der Waals surface area contributed by atoms with E-state index in [0.29, 0.717) is 36.9 Å². The first-order valence-electron chi connectivity index (χ1n) is 10.7. The fourth-order valence-corrected chi connectivity index (χ4v) is 2.95. The molecule has 0 fully saturated rings. The van der Waals surface area contributed by atoms with Crippen molar-refractivity contribution in [1.29, 1.82) is 0 Å². The van der Waals surface area contributed by atoms with Gasteiger partial charge in [-0.15, -0.1) is 0 Å². The van der Waals surface area contributed by atoms with Gasteiger partial charge in [-0.25, -0.2) is 4.99 Å². The molecule has 0 heterocycles. The van der Waals surface area contributed by atoms with Gasteiger partial charge in [-0.1, -0.05) is 42.5 Å². The van der Waals surface area contributed by atoms with Crippen LogP contribution in [0.1, 0.15) is 30.9 Å². The number of allylic oxidation sites excluding steroid dienone is 1. The number of nitrogens with zero attached hydrogens (tertiary/aromatic N) is 2. The monoisotopic (exact) mass is 432 g/mol. The Morgan fingerprint density at radius 3 is 2.47 bits per heavy atom. The average Bonchev–Trinajstić information content (AvgIpc) is 2.80. The first kappa shape index (κ1) is 24.6. The number of benzene rings is 2. The van der Waals surface area contributed by atoms with Crippen LogP contribution in [0.15, 0.2) is 83.1 Å². The summed E-state index contributed by atoms with van der Waals surface area (Å²) in [5.74, 6) is 1.25. The molecule has 0 atom stereocenters. The minimum Gasteiger partial charge on any atom is -0.493 e. The van der Waals surface area contributed by atoms with E-state index < -0.39 is 0 Å². The number of rotatable bonds is 12. The first-order valence-corrected chi connectivity index (χ1v) is 10.7. The molecule has 0 aliphatic carbocycles. The molecular weight excluding hydrogens is 400 g/mol. The normalized spacial score (nSPS) is 11.6. The van der Waals surface area contributed by atoms with E-state index in [0.717, 1.165) is 18.5 Å². The first-order chi connectivity index (χ1) is 15.5. The van der Waals surface area contributed by atoms with Crippen LogP contribution in [-0.2, 0) is 11.2 Å². The van der Waals surface area contributed by atoms with Gasteiger partial charge in [0.2, 0.25) is 5.91 Å². The molecule has 0 aliphatic rings. The Bertz CT molecular complexity index is 945. The van der Waals surface area contributed by atoms with Gasteiger partial charge in [-0.3, -0.25) is 9.79 Å². The molecule has 0 aromatic heterocycles. The highest BCUT2D eigenvalue weighted by atomic mass is 16.5. The summed E-state index contributed by atoms with van der Waals surface area (Å²) in [5, 5.41) is 6.13. The highest BCUT2D eigenvalue weighted by Gasteiger charge is 2.06. The summed E-state index contributed by atoms with van der Waals surface area (Å²) in [5.41, 5.74) is 4.01. The maximum atomic E-state index is 12.0. The molecule has 0 unspecified atom stereocenters. The maximum absolute atomic E-state index is 12.0. The quantitative estimate of drug-likeness (QED) is 0.279. The molecule has 0 saturated heterocycles. The van der Waals surface area contributed by atoms with Gasteiger partial charge >= 0.3 is 0 Å². The Morgan fingerprint density at radius 1 is 1.12 bits per heavy atom. The minimum atomic E-state index is -0.00622. The van der Waals surface area contributed by atoms with Crippen LogP contribution in [0.25, 0.3) is 0 Å². The topological polar surface area (TPSA) is 75.1 Å². The summed E-state index contributed by atoms with van der Waals surface area (Å²) in [6.45, 7) is 12.1. The van der Waals surface area contributed by atoms with Crippen molar-refractivity contribution in [2.45, 2.75) is 33.1 Å². The molecule has 0 saturated carbocycles.